The molecule has 1 saturated heterocycles. The van der Waals surface area contributed by atoms with Crippen molar-refractivity contribution in [2.75, 3.05) is 50.6 Å². The lowest BCUT2D eigenvalue weighted by Crippen LogP contribution is -2.44. The normalized spacial score (nSPS) is 17.1. The molecule has 0 bridgehead atoms. The van der Waals surface area contributed by atoms with Crippen LogP contribution < -0.4 is 10.2 Å². The molecule has 1 fully saturated rings. The molecule has 122 valence electrons. The Kier molecular flexibility index (Phi) is 6.07. The molecule has 5 heteroatoms. The Labute approximate surface area is 133 Å². The summed E-state index contributed by atoms with van der Waals surface area (Å²) in [5.41, 5.74) is 2.30. The van der Waals surface area contributed by atoms with Gasteiger partial charge in [-0.15, -0.1) is 0 Å². The van der Waals surface area contributed by atoms with Crippen molar-refractivity contribution in [3.63, 3.8) is 0 Å². The van der Waals surface area contributed by atoms with Gasteiger partial charge in [0.25, 0.3) is 0 Å². The summed E-state index contributed by atoms with van der Waals surface area (Å²) in [6.45, 7) is 6.37. The molecule has 1 unspecified atom stereocenters. The second-order valence-electron chi connectivity index (χ2n) is 5.87. The maximum Gasteiger partial charge on any atom is 0.307 e. The van der Waals surface area contributed by atoms with E-state index >= 15 is 0 Å². The molecular formula is C17H27N3O2. The molecule has 1 N–H and O–H groups in total. The van der Waals surface area contributed by atoms with E-state index < -0.39 is 0 Å². The fourth-order valence-electron chi connectivity index (χ4n) is 2.67. The lowest BCUT2D eigenvalue weighted by molar-refractivity contribution is -0.140. The molecule has 1 heterocycles. The zero-order chi connectivity index (χ0) is 15.9. The monoisotopic (exact) mass is 305 g/mol. The standard InChI is InChI=1S/C17H27N3O2/c1-4-14(13-17(21)22-3)18-15-6-5-7-16(12-15)20-10-8-19(2)9-11-20/h5-7,12,14,18H,4,8-11,13H2,1-3H3. The van der Waals surface area contributed by atoms with E-state index in [9.17, 15) is 4.79 Å². The number of rotatable bonds is 6. The number of nitrogens with zero attached hydrogens (tertiary/aromatic N) is 2. The number of carbonyl (C=O) groups is 1. The molecule has 5 nitrogen and oxygen atoms in total. The topological polar surface area (TPSA) is 44.8 Å². The van der Waals surface area contributed by atoms with Crippen molar-refractivity contribution >= 4 is 17.3 Å². The van der Waals surface area contributed by atoms with Crippen LogP contribution in [0.5, 0.6) is 0 Å². The van der Waals surface area contributed by atoms with Gasteiger partial charge in [-0.1, -0.05) is 13.0 Å². The summed E-state index contributed by atoms with van der Waals surface area (Å²) >= 11 is 0. The molecule has 1 atom stereocenters. The molecule has 0 aliphatic carbocycles. The minimum absolute atomic E-state index is 0.107. The molecule has 0 saturated carbocycles. The molecule has 0 radical (unpaired) electrons. The molecule has 22 heavy (non-hydrogen) atoms. The molecule has 0 spiro atoms. The Morgan fingerprint density at radius 2 is 2.05 bits per heavy atom. The minimum atomic E-state index is -0.172. The van der Waals surface area contributed by atoms with Crippen LogP contribution in [0, 0.1) is 0 Å². The van der Waals surface area contributed by atoms with Crippen molar-refractivity contribution < 1.29 is 9.53 Å². The van der Waals surface area contributed by atoms with Gasteiger partial charge in [0.2, 0.25) is 0 Å². The van der Waals surface area contributed by atoms with Crippen LogP contribution in [-0.2, 0) is 9.53 Å². The molecule has 1 aliphatic rings. The Balaban J connectivity index is 1.99. The van der Waals surface area contributed by atoms with Crippen LogP contribution in [0.1, 0.15) is 19.8 Å². The smallest absolute Gasteiger partial charge is 0.307 e. The van der Waals surface area contributed by atoms with Crippen LogP contribution in [0.2, 0.25) is 0 Å². The summed E-state index contributed by atoms with van der Waals surface area (Å²) in [5, 5.41) is 3.44. The van der Waals surface area contributed by atoms with Gasteiger partial charge in [0.15, 0.2) is 0 Å². The first-order chi connectivity index (χ1) is 10.6. The average Bonchev–Trinajstić information content (AvgIpc) is 2.55. The lowest BCUT2D eigenvalue weighted by atomic mass is 10.1. The first-order valence-electron chi connectivity index (χ1n) is 7.99. The Bertz CT molecular complexity index is 485. The summed E-state index contributed by atoms with van der Waals surface area (Å²) in [6, 6.07) is 8.55. The van der Waals surface area contributed by atoms with Crippen molar-refractivity contribution in [3.8, 4) is 0 Å². The van der Waals surface area contributed by atoms with E-state index in [4.69, 9.17) is 4.74 Å². The second kappa shape index (κ2) is 8.03. The molecule has 0 aromatic heterocycles. The fraction of sp³-hybridized carbons (Fsp3) is 0.588. The lowest BCUT2D eigenvalue weighted by Gasteiger charge is -2.34. The van der Waals surface area contributed by atoms with Crippen LogP contribution >= 0.6 is 0 Å². The molecule has 0 amide bonds. The Hall–Kier alpha value is -1.75. The van der Waals surface area contributed by atoms with Gasteiger partial charge in [-0.25, -0.2) is 0 Å². The largest absolute Gasteiger partial charge is 0.469 e. The van der Waals surface area contributed by atoms with Crippen molar-refractivity contribution in [1.29, 1.82) is 0 Å². The molecular weight excluding hydrogens is 278 g/mol. The number of esters is 1. The zero-order valence-corrected chi connectivity index (χ0v) is 13.8. The number of piperazine rings is 1. The molecule has 1 aromatic carbocycles. The van der Waals surface area contributed by atoms with Crippen LogP contribution in [-0.4, -0.2) is 57.2 Å². The van der Waals surface area contributed by atoms with E-state index in [-0.39, 0.29) is 12.0 Å². The second-order valence-corrected chi connectivity index (χ2v) is 5.87. The summed E-state index contributed by atoms with van der Waals surface area (Å²) in [5.74, 6) is -0.172. The maximum absolute atomic E-state index is 11.4. The number of methoxy groups -OCH3 is 1. The average molecular weight is 305 g/mol. The third-order valence-corrected chi connectivity index (χ3v) is 4.22. The highest BCUT2D eigenvalue weighted by Crippen LogP contribution is 2.22. The fourth-order valence-corrected chi connectivity index (χ4v) is 2.67. The predicted molar refractivity (Wildman–Crippen MR) is 90.5 cm³/mol. The first-order valence-corrected chi connectivity index (χ1v) is 7.99. The number of nitrogens with one attached hydrogen (secondary N) is 1. The Morgan fingerprint density at radius 1 is 1.32 bits per heavy atom. The highest BCUT2D eigenvalue weighted by molar-refractivity contribution is 5.70. The van der Waals surface area contributed by atoms with E-state index in [1.807, 2.05) is 0 Å². The highest BCUT2D eigenvalue weighted by atomic mass is 16.5. The van der Waals surface area contributed by atoms with Gasteiger partial charge in [0, 0.05) is 43.6 Å². The number of hydrogen-bond donors (Lipinski definition) is 1. The van der Waals surface area contributed by atoms with Crippen molar-refractivity contribution in [2.24, 2.45) is 0 Å². The zero-order valence-electron chi connectivity index (χ0n) is 13.8. The van der Waals surface area contributed by atoms with Gasteiger partial charge in [-0.2, -0.15) is 0 Å². The van der Waals surface area contributed by atoms with Gasteiger partial charge in [0.05, 0.1) is 13.5 Å². The summed E-state index contributed by atoms with van der Waals surface area (Å²) in [6.07, 6.45) is 1.28. The van der Waals surface area contributed by atoms with Gasteiger partial charge in [-0.05, 0) is 31.7 Å². The number of hydrogen-bond acceptors (Lipinski definition) is 5. The highest BCUT2D eigenvalue weighted by Gasteiger charge is 2.16. The van der Waals surface area contributed by atoms with E-state index in [0.29, 0.717) is 6.42 Å². The van der Waals surface area contributed by atoms with Crippen LogP contribution in [0.25, 0.3) is 0 Å². The van der Waals surface area contributed by atoms with Crippen LogP contribution in [0.4, 0.5) is 11.4 Å². The number of benzene rings is 1. The van der Waals surface area contributed by atoms with E-state index in [2.05, 4.69) is 53.4 Å². The summed E-state index contributed by atoms with van der Waals surface area (Å²) in [4.78, 5) is 16.2. The van der Waals surface area contributed by atoms with Gasteiger partial charge in [0.1, 0.15) is 0 Å². The summed E-state index contributed by atoms with van der Waals surface area (Å²) in [7, 11) is 3.59. The number of likely N-dealkylation sites (N-methyl/N-ethyl adjacent to an activating group) is 1. The molecule has 1 aromatic rings. The SMILES string of the molecule is CCC(CC(=O)OC)Nc1cccc(N2CCN(C)CC2)c1. The van der Waals surface area contributed by atoms with E-state index in [0.717, 1.165) is 38.3 Å². The molecule has 1 aliphatic heterocycles. The Morgan fingerprint density at radius 3 is 2.68 bits per heavy atom. The summed E-state index contributed by atoms with van der Waals surface area (Å²) < 4.78 is 4.76. The van der Waals surface area contributed by atoms with Crippen molar-refractivity contribution in [1.82, 2.24) is 4.90 Å². The third-order valence-electron chi connectivity index (χ3n) is 4.22. The quantitative estimate of drug-likeness (QED) is 0.816. The molecule has 2 rings (SSSR count). The van der Waals surface area contributed by atoms with Crippen LogP contribution in [0.3, 0.4) is 0 Å². The number of anilines is 2. The van der Waals surface area contributed by atoms with Crippen molar-refractivity contribution in [3.05, 3.63) is 24.3 Å². The van der Waals surface area contributed by atoms with Gasteiger partial charge < -0.3 is 19.9 Å². The third kappa shape index (κ3) is 4.63. The first kappa shape index (κ1) is 16.6. The van der Waals surface area contributed by atoms with Gasteiger partial charge in [-0.3, -0.25) is 4.79 Å². The van der Waals surface area contributed by atoms with Gasteiger partial charge >= 0.3 is 5.97 Å². The number of ether oxygens (including phenoxy) is 1. The van der Waals surface area contributed by atoms with E-state index in [1.165, 1.54) is 12.8 Å². The van der Waals surface area contributed by atoms with Crippen molar-refractivity contribution in [2.45, 2.75) is 25.8 Å². The number of carbonyl (C=O) groups excluding carboxylic acids is 1. The van der Waals surface area contributed by atoms with Crippen LogP contribution in [0.15, 0.2) is 24.3 Å². The predicted octanol–water partition coefficient (Wildman–Crippen LogP) is 2.19. The maximum atomic E-state index is 11.4. The minimum Gasteiger partial charge on any atom is -0.469 e. The van der Waals surface area contributed by atoms with E-state index in [1.54, 1.807) is 0 Å².